The highest BCUT2D eigenvalue weighted by molar-refractivity contribution is 5.79. The van der Waals surface area contributed by atoms with E-state index in [2.05, 4.69) is 12.1 Å². The van der Waals surface area contributed by atoms with Crippen molar-refractivity contribution in [2.24, 2.45) is 0 Å². The summed E-state index contributed by atoms with van der Waals surface area (Å²) < 4.78 is 5.82. The number of fused-ring (bicyclic) bond motifs is 3. The molecule has 0 aliphatic heterocycles. The van der Waals surface area contributed by atoms with Gasteiger partial charge in [0, 0.05) is 12.3 Å². The maximum atomic E-state index is 12.0. The minimum absolute atomic E-state index is 0.0851. The van der Waals surface area contributed by atoms with Gasteiger partial charge in [-0.1, -0.05) is 60.7 Å². The molecule has 0 radical (unpaired) electrons. The molecule has 0 saturated carbocycles. The van der Waals surface area contributed by atoms with E-state index in [9.17, 15) is 14.7 Å². The Kier molecular flexibility index (Phi) is 6.70. The van der Waals surface area contributed by atoms with E-state index in [1.165, 1.54) is 0 Å². The predicted octanol–water partition coefficient (Wildman–Crippen LogP) is 5.06. The Balaban J connectivity index is 1.48. The average molecular weight is 460 g/mol. The monoisotopic (exact) mass is 459 g/mol. The molecule has 1 N–H and O–H groups in total. The van der Waals surface area contributed by atoms with Crippen molar-refractivity contribution in [3.63, 3.8) is 0 Å². The van der Waals surface area contributed by atoms with E-state index in [0.717, 1.165) is 32.9 Å². The number of carbonyl (C=O) groups is 2. The molecule has 34 heavy (non-hydrogen) atoms. The quantitative estimate of drug-likeness (QED) is 0.357. The molecule has 1 unspecified atom stereocenters. The molecule has 1 amide bonds. The zero-order valence-corrected chi connectivity index (χ0v) is 19.6. The lowest BCUT2D eigenvalue weighted by atomic mass is 9.98. The molecule has 0 spiro atoms. The van der Waals surface area contributed by atoms with Gasteiger partial charge >= 0.3 is 5.97 Å². The third kappa shape index (κ3) is 5.13. The van der Waals surface area contributed by atoms with Gasteiger partial charge in [0.2, 0.25) is 6.41 Å². The second kappa shape index (κ2) is 9.69. The number of benzene rings is 3. The van der Waals surface area contributed by atoms with Crippen LogP contribution in [0.4, 0.5) is 0 Å². The maximum Gasteiger partial charge on any atom is 0.329 e. The minimum Gasteiger partial charge on any atom is -0.488 e. The first-order valence-electron chi connectivity index (χ1n) is 11.3. The smallest absolute Gasteiger partial charge is 0.329 e. The number of nitrogens with zero attached hydrogens (tertiary/aromatic N) is 1. The third-order valence-electron chi connectivity index (χ3n) is 5.83. The molecule has 6 heteroatoms. The third-order valence-corrected chi connectivity index (χ3v) is 5.83. The highest BCUT2D eigenvalue weighted by Crippen LogP contribution is 2.44. The summed E-state index contributed by atoms with van der Waals surface area (Å²) in [6, 6.07) is 22.2. The van der Waals surface area contributed by atoms with E-state index in [4.69, 9.17) is 9.57 Å². The van der Waals surface area contributed by atoms with E-state index >= 15 is 0 Å². The normalized spacial score (nSPS) is 13.6. The number of hydroxylamine groups is 2. The first-order chi connectivity index (χ1) is 16.3. The van der Waals surface area contributed by atoms with E-state index in [0.29, 0.717) is 12.2 Å². The number of carboxylic acids is 1. The fourth-order valence-electron chi connectivity index (χ4n) is 4.35. The number of hydrogen-bond acceptors (Lipinski definition) is 4. The molecular weight excluding hydrogens is 430 g/mol. The van der Waals surface area contributed by atoms with Crippen LogP contribution < -0.4 is 4.74 Å². The van der Waals surface area contributed by atoms with Crippen LogP contribution in [0, 0.1) is 0 Å². The lowest BCUT2D eigenvalue weighted by molar-refractivity contribution is -0.196. The van der Waals surface area contributed by atoms with Gasteiger partial charge in [-0.2, -0.15) is 0 Å². The fraction of sp³-hybridized carbons (Fsp3) is 0.286. The topological polar surface area (TPSA) is 76.1 Å². The van der Waals surface area contributed by atoms with Gasteiger partial charge in [-0.25, -0.2) is 9.86 Å². The summed E-state index contributed by atoms with van der Waals surface area (Å²) in [6.45, 7) is 6.04. The van der Waals surface area contributed by atoms with Gasteiger partial charge in [-0.05, 0) is 60.7 Å². The first-order valence-corrected chi connectivity index (χ1v) is 11.3. The molecule has 0 fully saturated rings. The van der Waals surface area contributed by atoms with Crippen molar-refractivity contribution in [3.8, 4) is 16.9 Å². The molecule has 0 bridgehead atoms. The van der Waals surface area contributed by atoms with Gasteiger partial charge in [0.25, 0.3) is 0 Å². The highest BCUT2D eigenvalue weighted by atomic mass is 16.7. The molecule has 3 aromatic rings. The minimum atomic E-state index is -1.15. The Labute approximate surface area is 199 Å². The van der Waals surface area contributed by atoms with Crippen molar-refractivity contribution in [1.82, 2.24) is 5.06 Å². The van der Waals surface area contributed by atoms with Crippen LogP contribution >= 0.6 is 0 Å². The van der Waals surface area contributed by atoms with Crippen molar-refractivity contribution >= 4 is 12.4 Å². The van der Waals surface area contributed by atoms with E-state index < -0.39 is 12.0 Å². The van der Waals surface area contributed by atoms with Gasteiger partial charge < -0.3 is 9.84 Å². The first kappa shape index (κ1) is 23.5. The predicted molar refractivity (Wildman–Crippen MR) is 130 cm³/mol. The Morgan fingerprint density at radius 3 is 2.03 bits per heavy atom. The molecule has 4 rings (SSSR count). The number of hydrogen-bond donors (Lipinski definition) is 1. The summed E-state index contributed by atoms with van der Waals surface area (Å²) in [5, 5.41) is 10.8. The SMILES string of the molecule is CC(C)(C)Oc1ccc(CC(C(=O)O)N(C=O)OCC2c3ccccc3-c3ccccc32)cc1. The van der Waals surface area contributed by atoms with Crippen LogP contribution in [0.1, 0.15) is 43.4 Å². The van der Waals surface area contributed by atoms with Crippen LogP contribution in [0.5, 0.6) is 5.75 Å². The van der Waals surface area contributed by atoms with Gasteiger partial charge in [-0.15, -0.1) is 0 Å². The zero-order valence-electron chi connectivity index (χ0n) is 19.6. The van der Waals surface area contributed by atoms with E-state index in [1.807, 2.05) is 69.3 Å². The second-order valence-corrected chi connectivity index (χ2v) is 9.40. The van der Waals surface area contributed by atoms with Gasteiger partial charge in [0.15, 0.2) is 6.04 Å². The van der Waals surface area contributed by atoms with Gasteiger partial charge in [0.05, 0.1) is 6.61 Å². The molecular formula is C28H29NO5. The van der Waals surface area contributed by atoms with Crippen LogP contribution in [-0.4, -0.2) is 40.8 Å². The van der Waals surface area contributed by atoms with Crippen molar-refractivity contribution < 1.29 is 24.3 Å². The lowest BCUT2D eigenvalue weighted by Crippen LogP contribution is -2.42. The largest absolute Gasteiger partial charge is 0.488 e. The van der Waals surface area contributed by atoms with Gasteiger partial charge in [0.1, 0.15) is 11.4 Å². The number of aliphatic carboxylic acids is 1. The van der Waals surface area contributed by atoms with Crippen molar-refractivity contribution in [2.75, 3.05) is 6.61 Å². The molecule has 0 heterocycles. The summed E-state index contributed by atoms with van der Waals surface area (Å²) in [5.74, 6) is -0.516. The number of carboxylic acid groups (broad SMARTS) is 1. The summed E-state index contributed by atoms with van der Waals surface area (Å²) in [7, 11) is 0. The Morgan fingerprint density at radius 1 is 0.971 bits per heavy atom. The molecule has 176 valence electrons. The molecule has 3 aromatic carbocycles. The summed E-state index contributed by atoms with van der Waals surface area (Å²) in [4.78, 5) is 29.7. The Morgan fingerprint density at radius 2 is 1.53 bits per heavy atom. The lowest BCUT2D eigenvalue weighted by Gasteiger charge is -2.26. The van der Waals surface area contributed by atoms with Crippen molar-refractivity contribution in [3.05, 3.63) is 89.5 Å². The summed E-state index contributed by atoms with van der Waals surface area (Å²) >= 11 is 0. The van der Waals surface area contributed by atoms with Crippen LogP contribution in [-0.2, 0) is 20.8 Å². The van der Waals surface area contributed by atoms with Crippen molar-refractivity contribution in [2.45, 2.75) is 44.8 Å². The fourth-order valence-corrected chi connectivity index (χ4v) is 4.35. The number of rotatable bonds is 9. The standard InChI is InChI=1S/C28H29NO5/c1-28(2,3)34-20-14-12-19(13-15-20)16-26(27(31)32)29(18-30)33-17-25-23-10-6-4-8-21(23)22-9-5-7-11-24(22)25/h4-15,18,25-26H,16-17H2,1-3H3,(H,31,32). The Hall–Kier alpha value is -3.64. The summed E-state index contributed by atoms with van der Waals surface area (Å²) in [6.07, 6.45) is 0.560. The maximum absolute atomic E-state index is 12.0. The molecule has 1 aliphatic carbocycles. The number of amides is 1. The molecule has 1 aliphatic rings. The molecule has 0 saturated heterocycles. The number of ether oxygens (including phenoxy) is 1. The van der Waals surface area contributed by atoms with Crippen LogP contribution in [0.15, 0.2) is 72.8 Å². The second-order valence-electron chi connectivity index (χ2n) is 9.40. The molecule has 6 nitrogen and oxygen atoms in total. The molecule has 1 atom stereocenters. The van der Waals surface area contributed by atoms with Gasteiger partial charge in [-0.3, -0.25) is 9.63 Å². The number of carbonyl (C=O) groups excluding carboxylic acids is 1. The average Bonchev–Trinajstić information content (AvgIpc) is 3.12. The molecule has 0 aromatic heterocycles. The van der Waals surface area contributed by atoms with Crippen LogP contribution in [0.3, 0.4) is 0 Å². The Bertz CT molecular complexity index is 1120. The van der Waals surface area contributed by atoms with E-state index in [-0.39, 0.29) is 24.5 Å². The highest BCUT2D eigenvalue weighted by Gasteiger charge is 2.31. The zero-order chi connectivity index (χ0) is 24.3. The van der Waals surface area contributed by atoms with Crippen LogP contribution in [0.25, 0.3) is 11.1 Å². The van der Waals surface area contributed by atoms with E-state index in [1.54, 1.807) is 12.1 Å². The summed E-state index contributed by atoms with van der Waals surface area (Å²) in [5.41, 5.74) is 4.92. The van der Waals surface area contributed by atoms with Crippen molar-refractivity contribution in [1.29, 1.82) is 0 Å². The van der Waals surface area contributed by atoms with Crippen LogP contribution in [0.2, 0.25) is 0 Å².